The maximum absolute atomic E-state index is 6.05. The quantitative estimate of drug-likeness (QED) is 0.734. The Kier molecular flexibility index (Phi) is 4.85. The molecule has 14 heavy (non-hydrogen) atoms. The molecule has 1 heterocycles. The minimum Gasteiger partial charge on any atom is -0.384 e. The van der Waals surface area contributed by atoms with Crippen molar-refractivity contribution in [2.75, 3.05) is 33.4 Å². The van der Waals surface area contributed by atoms with Crippen LogP contribution >= 0.6 is 0 Å². The summed E-state index contributed by atoms with van der Waals surface area (Å²) in [5, 5.41) is 0. The van der Waals surface area contributed by atoms with E-state index in [-0.39, 0.29) is 0 Å². The first-order valence-corrected chi connectivity index (χ1v) is 5.60. The van der Waals surface area contributed by atoms with E-state index in [0.29, 0.717) is 17.9 Å². The van der Waals surface area contributed by atoms with E-state index in [1.165, 1.54) is 13.0 Å². The van der Waals surface area contributed by atoms with Crippen LogP contribution in [0, 0.1) is 11.8 Å². The summed E-state index contributed by atoms with van der Waals surface area (Å²) in [7, 11) is 1.76. The molecule has 0 radical (unpaired) electrons. The molecule has 1 aliphatic rings. The van der Waals surface area contributed by atoms with E-state index in [2.05, 4.69) is 18.7 Å². The van der Waals surface area contributed by atoms with Crippen LogP contribution in [0.3, 0.4) is 0 Å². The van der Waals surface area contributed by atoms with E-state index in [0.717, 1.165) is 19.7 Å². The van der Waals surface area contributed by atoms with Crippen molar-refractivity contribution in [1.82, 2.24) is 4.90 Å². The van der Waals surface area contributed by atoms with Crippen molar-refractivity contribution < 1.29 is 4.74 Å². The fourth-order valence-electron chi connectivity index (χ4n) is 2.11. The summed E-state index contributed by atoms with van der Waals surface area (Å²) < 4.78 is 5.14. The Balaban J connectivity index is 2.25. The average Bonchev–Trinajstić information content (AvgIpc) is 2.12. The Morgan fingerprint density at radius 2 is 2.29 bits per heavy atom. The SMILES string of the molecule is COCC(C)CN1CCC(C)C(N)C1. The van der Waals surface area contributed by atoms with E-state index >= 15 is 0 Å². The van der Waals surface area contributed by atoms with Gasteiger partial charge in [0.2, 0.25) is 0 Å². The zero-order chi connectivity index (χ0) is 10.6. The minimum absolute atomic E-state index is 0.360. The van der Waals surface area contributed by atoms with Crippen LogP contribution in [0.4, 0.5) is 0 Å². The van der Waals surface area contributed by atoms with Crippen LogP contribution in [0.1, 0.15) is 20.3 Å². The molecule has 0 aromatic heterocycles. The zero-order valence-corrected chi connectivity index (χ0v) is 9.70. The Bertz CT molecular complexity index is 163. The monoisotopic (exact) mass is 200 g/mol. The molecule has 0 aromatic rings. The Labute approximate surface area is 87.6 Å². The van der Waals surface area contributed by atoms with Gasteiger partial charge >= 0.3 is 0 Å². The predicted octanol–water partition coefficient (Wildman–Crippen LogP) is 0.938. The summed E-state index contributed by atoms with van der Waals surface area (Å²) in [6.07, 6.45) is 1.24. The summed E-state index contributed by atoms with van der Waals surface area (Å²) in [5.74, 6) is 1.30. The molecule has 0 aromatic carbocycles. The molecule has 0 aliphatic carbocycles. The summed E-state index contributed by atoms with van der Waals surface area (Å²) in [5.41, 5.74) is 6.05. The highest BCUT2D eigenvalue weighted by Crippen LogP contribution is 2.16. The van der Waals surface area contributed by atoms with Crippen LogP contribution < -0.4 is 5.73 Å². The topological polar surface area (TPSA) is 38.5 Å². The van der Waals surface area contributed by atoms with Crippen LogP contribution in [-0.4, -0.2) is 44.3 Å². The van der Waals surface area contributed by atoms with Crippen molar-refractivity contribution in [3.63, 3.8) is 0 Å². The first kappa shape index (κ1) is 12.0. The van der Waals surface area contributed by atoms with Crippen LogP contribution in [0.2, 0.25) is 0 Å². The second kappa shape index (κ2) is 5.69. The van der Waals surface area contributed by atoms with Gasteiger partial charge < -0.3 is 15.4 Å². The van der Waals surface area contributed by atoms with E-state index in [1.807, 2.05) is 0 Å². The predicted molar refractivity (Wildman–Crippen MR) is 59.2 cm³/mol. The number of rotatable bonds is 4. The number of hydrogen-bond donors (Lipinski definition) is 1. The van der Waals surface area contributed by atoms with Gasteiger partial charge in [-0.2, -0.15) is 0 Å². The van der Waals surface area contributed by atoms with Gasteiger partial charge in [0.15, 0.2) is 0 Å². The Hall–Kier alpha value is -0.120. The van der Waals surface area contributed by atoms with E-state index in [1.54, 1.807) is 7.11 Å². The van der Waals surface area contributed by atoms with Gasteiger partial charge in [0.25, 0.3) is 0 Å². The van der Waals surface area contributed by atoms with Crippen molar-refractivity contribution in [3.05, 3.63) is 0 Å². The molecule has 0 bridgehead atoms. The number of likely N-dealkylation sites (tertiary alicyclic amines) is 1. The average molecular weight is 200 g/mol. The van der Waals surface area contributed by atoms with Crippen LogP contribution in [0.5, 0.6) is 0 Å². The second-order valence-corrected chi connectivity index (χ2v) is 4.75. The molecule has 0 saturated carbocycles. The zero-order valence-electron chi connectivity index (χ0n) is 9.70. The standard InChI is InChI=1S/C11H24N2O/c1-9(8-14-3)6-13-5-4-10(2)11(12)7-13/h9-11H,4-8,12H2,1-3H3. The number of ether oxygens (including phenoxy) is 1. The van der Waals surface area contributed by atoms with Gasteiger partial charge in [-0.1, -0.05) is 13.8 Å². The van der Waals surface area contributed by atoms with Gasteiger partial charge in [0.1, 0.15) is 0 Å². The van der Waals surface area contributed by atoms with Gasteiger partial charge in [0, 0.05) is 32.8 Å². The van der Waals surface area contributed by atoms with Gasteiger partial charge in [-0.05, 0) is 24.8 Å². The van der Waals surface area contributed by atoms with E-state index in [9.17, 15) is 0 Å². The van der Waals surface area contributed by atoms with Crippen molar-refractivity contribution in [1.29, 1.82) is 0 Å². The summed E-state index contributed by atoms with van der Waals surface area (Å²) in [6, 6.07) is 0.360. The lowest BCUT2D eigenvalue weighted by atomic mass is 9.94. The molecular weight excluding hydrogens is 176 g/mol. The maximum atomic E-state index is 6.05. The second-order valence-electron chi connectivity index (χ2n) is 4.75. The summed E-state index contributed by atoms with van der Waals surface area (Å²) in [4.78, 5) is 2.47. The molecular formula is C11H24N2O. The normalized spacial score (nSPS) is 31.7. The van der Waals surface area contributed by atoms with Crippen LogP contribution in [0.25, 0.3) is 0 Å². The van der Waals surface area contributed by atoms with Gasteiger partial charge in [0.05, 0.1) is 0 Å². The van der Waals surface area contributed by atoms with E-state index < -0.39 is 0 Å². The minimum atomic E-state index is 0.360. The van der Waals surface area contributed by atoms with Gasteiger partial charge in [-0.15, -0.1) is 0 Å². The molecule has 1 aliphatic heterocycles. The first-order valence-electron chi connectivity index (χ1n) is 5.60. The molecule has 1 rings (SSSR count). The Morgan fingerprint density at radius 3 is 2.86 bits per heavy atom. The highest BCUT2D eigenvalue weighted by Gasteiger charge is 2.23. The van der Waals surface area contributed by atoms with Crippen LogP contribution in [-0.2, 0) is 4.74 Å². The number of nitrogens with two attached hydrogens (primary N) is 1. The molecule has 3 heteroatoms. The van der Waals surface area contributed by atoms with E-state index in [4.69, 9.17) is 10.5 Å². The molecule has 3 atom stereocenters. The third-order valence-corrected chi connectivity index (χ3v) is 3.12. The van der Waals surface area contributed by atoms with Crippen molar-refractivity contribution in [2.45, 2.75) is 26.3 Å². The Morgan fingerprint density at radius 1 is 1.57 bits per heavy atom. The number of methoxy groups -OCH3 is 1. The van der Waals surface area contributed by atoms with Gasteiger partial charge in [-0.3, -0.25) is 0 Å². The molecule has 0 amide bonds. The molecule has 2 N–H and O–H groups in total. The lowest BCUT2D eigenvalue weighted by Gasteiger charge is -2.36. The lowest BCUT2D eigenvalue weighted by Crippen LogP contribution is -2.48. The number of nitrogens with zero attached hydrogens (tertiary/aromatic N) is 1. The molecule has 1 fully saturated rings. The van der Waals surface area contributed by atoms with Crippen molar-refractivity contribution in [2.24, 2.45) is 17.6 Å². The summed E-state index contributed by atoms with van der Waals surface area (Å²) >= 11 is 0. The first-order chi connectivity index (χ1) is 6.63. The lowest BCUT2D eigenvalue weighted by molar-refractivity contribution is 0.104. The number of hydrogen-bond acceptors (Lipinski definition) is 3. The maximum Gasteiger partial charge on any atom is 0.0500 e. The van der Waals surface area contributed by atoms with Gasteiger partial charge in [-0.25, -0.2) is 0 Å². The molecule has 84 valence electrons. The van der Waals surface area contributed by atoms with Crippen molar-refractivity contribution >= 4 is 0 Å². The largest absolute Gasteiger partial charge is 0.384 e. The number of piperidine rings is 1. The molecule has 0 spiro atoms. The van der Waals surface area contributed by atoms with Crippen molar-refractivity contribution in [3.8, 4) is 0 Å². The van der Waals surface area contributed by atoms with Crippen LogP contribution in [0.15, 0.2) is 0 Å². The third-order valence-electron chi connectivity index (χ3n) is 3.12. The molecule has 3 nitrogen and oxygen atoms in total. The summed E-state index contributed by atoms with van der Waals surface area (Å²) in [6.45, 7) is 8.70. The molecule has 1 saturated heterocycles. The highest BCUT2D eigenvalue weighted by atomic mass is 16.5. The molecule has 3 unspecified atom stereocenters. The fourth-order valence-corrected chi connectivity index (χ4v) is 2.11. The smallest absolute Gasteiger partial charge is 0.0500 e. The highest BCUT2D eigenvalue weighted by molar-refractivity contribution is 4.81. The fraction of sp³-hybridized carbons (Fsp3) is 1.00. The third kappa shape index (κ3) is 3.56.